The third kappa shape index (κ3) is 4.71. The number of nitrogens with one attached hydrogen (secondary N) is 3. The number of piperidine rings is 1. The third-order valence-electron chi connectivity index (χ3n) is 4.39. The minimum absolute atomic E-state index is 0.0631. The molecule has 1 aromatic carbocycles. The largest absolute Gasteiger partial charge is 0.384 e. The highest BCUT2D eigenvalue weighted by Crippen LogP contribution is 2.28. The summed E-state index contributed by atoms with van der Waals surface area (Å²) < 4.78 is 25.9. The maximum absolute atomic E-state index is 12.6. The van der Waals surface area contributed by atoms with Gasteiger partial charge in [0, 0.05) is 32.6 Å². The van der Waals surface area contributed by atoms with Gasteiger partial charge in [0.25, 0.3) is 0 Å². The van der Waals surface area contributed by atoms with Crippen LogP contribution in [0.25, 0.3) is 0 Å². The second-order valence-electron chi connectivity index (χ2n) is 6.59. The van der Waals surface area contributed by atoms with Crippen molar-refractivity contribution in [1.29, 1.82) is 0 Å². The molecule has 140 valence electrons. The first-order chi connectivity index (χ1) is 11.8. The summed E-state index contributed by atoms with van der Waals surface area (Å²) in [5.41, 5.74) is 1.22. The SMILES string of the molecule is CCNc1ccc(S(=O)(=O)N(C)C)cc1NC(=O)[C@H]1CCN[C@@H](C)C1. The molecule has 2 rings (SSSR count). The van der Waals surface area contributed by atoms with E-state index in [-0.39, 0.29) is 16.7 Å². The van der Waals surface area contributed by atoms with Crippen LogP contribution in [0.2, 0.25) is 0 Å². The molecule has 0 unspecified atom stereocenters. The van der Waals surface area contributed by atoms with Crippen molar-refractivity contribution >= 4 is 27.3 Å². The Hall–Kier alpha value is -1.64. The number of rotatable bonds is 6. The van der Waals surface area contributed by atoms with Crippen molar-refractivity contribution in [1.82, 2.24) is 9.62 Å². The average molecular weight is 369 g/mol. The number of amides is 1. The zero-order valence-corrected chi connectivity index (χ0v) is 16.1. The number of anilines is 2. The highest BCUT2D eigenvalue weighted by molar-refractivity contribution is 7.89. The van der Waals surface area contributed by atoms with Crippen molar-refractivity contribution in [3.05, 3.63) is 18.2 Å². The number of carbonyl (C=O) groups excluding carboxylic acids is 1. The van der Waals surface area contributed by atoms with Crippen molar-refractivity contribution in [3.8, 4) is 0 Å². The van der Waals surface area contributed by atoms with Gasteiger partial charge >= 0.3 is 0 Å². The average Bonchev–Trinajstić information content (AvgIpc) is 2.56. The summed E-state index contributed by atoms with van der Waals surface area (Å²) in [6.07, 6.45) is 1.56. The van der Waals surface area contributed by atoms with Crippen LogP contribution in [0.1, 0.15) is 26.7 Å². The highest BCUT2D eigenvalue weighted by atomic mass is 32.2. The monoisotopic (exact) mass is 368 g/mol. The molecule has 1 fully saturated rings. The van der Waals surface area contributed by atoms with Gasteiger partial charge in [0.05, 0.1) is 16.3 Å². The van der Waals surface area contributed by atoms with Crippen molar-refractivity contribution in [2.24, 2.45) is 5.92 Å². The third-order valence-corrected chi connectivity index (χ3v) is 6.20. The van der Waals surface area contributed by atoms with E-state index < -0.39 is 10.0 Å². The molecule has 1 aliphatic rings. The minimum Gasteiger partial charge on any atom is -0.384 e. The van der Waals surface area contributed by atoms with E-state index in [1.54, 1.807) is 12.1 Å². The summed E-state index contributed by atoms with van der Waals surface area (Å²) >= 11 is 0. The van der Waals surface area contributed by atoms with Crippen LogP contribution in [0.5, 0.6) is 0 Å². The van der Waals surface area contributed by atoms with Crippen LogP contribution < -0.4 is 16.0 Å². The Balaban J connectivity index is 2.28. The number of hydrogen-bond acceptors (Lipinski definition) is 5. The molecule has 1 aliphatic heterocycles. The van der Waals surface area contributed by atoms with Gasteiger partial charge in [-0.1, -0.05) is 0 Å². The van der Waals surface area contributed by atoms with Gasteiger partial charge in [0.15, 0.2) is 0 Å². The molecule has 2 atom stereocenters. The summed E-state index contributed by atoms with van der Waals surface area (Å²) in [6, 6.07) is 5.07. The predicted molar refractivity (Wildman–Crippen MR) is 100 cm³/mol. The standard InChI is InChI=1S/C17H28N4O3S/c1-5-18-15-7-6-14(25(23,24)21(3)4)11-16(15)20-17(22)13-8-9-19-12(2)10-13/h6-7,11-13,18-19H,5,8-10H2,1-4H3,(H,20,22)/t12-,13-/m0/s1. The second kappa shape index (κ2) is 8.16. The van der Waals surface area contributed by atoms with E-state index in [2.05, 4.69) is 22.9 Å². The quantitative estimate of drug-likeness (QED) is 0.711. The fourth-order valence-corrected chi connectivity index (χ4v) is 3.88. The number of hydrogen-bond donors (Lipinski definition) is 3. The van der Waals surface area contributed by atoms with Crippen molar-refractivity contribution < 1.29 is 13.2 Å². The molecule has 1 aromatic rings. The summed E-state index contributed by atoms with van der Waals surface area (Å²) in [5, 5.41) is 9.42. The lowest BCUT2D eigenvalue weighted by molar-refractivity contribution is -0.120. The van der Waals surface area contributed by atoms with Crippen LogP contribution >= 0.6 is 0 Å². The van der Waals surface area contributed by atoms with Gasteiger partial charge < -0.3 is 16.0 Å². The topological polar surface area (TPSA) is 90.5 Å². The molecule has 1 heterocycles. The summed E-state index contributed by atoms with van der Waals surface area (Å²) in [4.78, 5) is 12.8. The summed E-state index contributed by atoms with van der Waals surface area (Å²) in [7, 11) is -0.580. The summed E-state index contributed by atoms with van der Waals surface area (Å²) in [5.74, 6) is -0.133. The molecule has 0 radical (unpaired) electrons. The molecule has 3 N–H and O–H groups in total. The Bertz CT molecular complexity index is 719. The molecule has 0 saturated carbocycles. The van der Waals surface area contributed by atoms with E-state index in [1.807, 2.05) is 6.92 Å². The molecule has 0 bridgehead atoms. The molecule has 0 aromatic heterocycles. The van der Waals surface area contributed by atoms with E-state index >= 15 is 0 Å². The first-order valence-corrected chi connectivity index (χ1v) is 10.0. The van der Waals surface area contributed by atoms with Crippen LogP contribution in [0.15, 0.2) is 23.1 Å². The Labute approximate surface area is 150 Å². The van der Waals surface area contributed by atoms with Gasteiger partial charge in [-0.15, -0.1) is 0 Å². The number of carbonyl (C=O) groups is 1. The molecule has 1 saturated heterocycles. The van der Waals surface area contributed by atoms with E-state index in [0.717, 1.165) is 29.4 Å². The number of nitrogens with zero attached hydrogens (tertiary/aromatic N) is 1. The van der Waals surface area contributed by atoms with Gasteiger partial charge in [0.1, 0.15) is 0 Å². The van der Waals surface area contributed by atoms with Crippen molar-refractivity contribution in [2.75, 3.05) is 37.8 Å². The van der Waals surface area contributed by atoms with Crippen LogP contribution in [0, 0.1) is 5.92 Å². The molecule has 0 aliphatic carbocycles. The maximum Gasteiger partial charge on any atom is 0.242 e. The molecular weight excluding hydrogens is 340 g/mol. The predicted octanol–water partition coefficient (Wildman–Crippen LogP) is 1.70. The first kappa shape index (κ1) is 19.7. The Morgan fingerprint density at radius 3 is 2.64 bits per heavy atom. The molecule has 25 heavy (non-hydrogen) atoms. The van der Waals surface area contributed by atoms with E-state index in [4.69, 9.17) is 0 Å². The molecule has 8 heteroatoms. The van der Waals surface area contributed by atoms with Crippen LogP contribution in [0.3, 0.4) is 0 Å². The second-order valence-corrected chi connectivity index (χ2v) is 8.74. The van der Waals surface area contributed by atoms with Crippen LogP contribution in [-0.2, 0) is 14.8 Å². The molecular formula is C17H28N4O3S. The lowest BCUT2D eigenvalue weighted by Gasteiger charge is -2.27. The van der Waals surface area contributed by atoms with Gasteiger partial charge in [-0.05, 0) is 51.4 Å². The Kier molecular flexibility index (Phi) is 6.42. The van der Waals surface area contributed by atoms with E-state index in [9.17, 15) is 13.2 Å². The molecule has 7 nitrogen and oxygen atoms in total. The van der Waals surface area contributed by atoms with E-state index in [1.165, 1.54) is 20.2 Å². The lowest BCUT2D eigenvalue weighted by Crippen LogP contribution is -2.40. The van der Waals surface area contributed by atoms with Gasteiger partial charge in [-0.25, -0.2) is 12.7 Å². The Morgan fingerprint density at radius 1 is 1.32 bits per heavy atom. The number of benzene rings is 1. The number of sulfonamides is 1. The van der Waals surface area contributed by atoms with Gasteiger partial charge in [-0.3, -0.25) is 4.79 Å². The normalized spacial score (nSPS) is 21.2. The van der Waals surface area contributed by atoms with E-state index in [0.29, 0.717) is 18.3 Å². The maximum atomic E-state index is 12.6. The fourth-order valence-electron chi connectivity index (χ4n) is 2.95. The highest BCUT2D eigenvalue weighted by Gasteiger charge is 2.26. The van der Waals surface area contributed by atoms with Gasteiger partial charge in [0.2, 0.25) is 15.9 Å². The van der Waals surface area contributed by atoms with Gasteiger partial charge in [-0.2, -0.15) is 0 Å². The zero-order valence-electron chi connectivity index (χ0n) is 15.3. The minimum atomic E-state index is -3.56. The first-order valence-electron chi connectivity index (χ1n) is 8.60. The van der Waals surface area contributed by atoms with Crippen LogP contribution in [0.4, 0.5) is 11.4 Å². The van der Waals surface area contributed by atoms with Crippen molar-refractivity contribution in [2.45, 2.75) is 37.6 Å². The fraction of sp³-hybridized carbons (Fsp3) is 0.588. The molecule has 1 amide bonds. The summed E-state index contributed by atoms with van der Waals surface area (Å²) in [6.45, 7) is 5.50. The Morgan fingerprint density at radius 2 is 2.04 bits per heavy atom. The zero-order chi connectivity index (χ0) is 18.6. The van der Waals surface area contributed by atoms with Crippen molar-refractivity contribution in [3.63, 3.8) is 0 Å². The van der Waals surface area contributed by atoms with Crippen LogP contribution in [-0.4, -0.2) is 51.9 Å². The smallest absolute Gasteiger partial charge is 0.242 e. The molecule has 0 spiro atoms. The lowest BCUT2D eigenvalue weighted by atomic mass is 9.92.